The van der Waals surface area contributed by atoms with Gasteiger partial charge in [0.1, 0.15) is 12.4 Å². The lowest BCUT2D eigenvalue weighted by atomic mass is 10.0. The molecule has 2 aromatic carbocycles. The molecule has 2 rings (SSSR count). The molecule has 0 heterocycles. The molecule has 0 aliphatic carbocycles. The fourth-order valence-corrected chi connectivity index (χ4v) is 2.48. The zero-order valence-electron chi connectivity index (χ0n) is 15.3. The van der Waals surface area contributed by atoms with Crippen LogP contribution in [0.25, 0.3) is 0 Å². The summed E-state index contributed by atoms with van der Waals surface area (Å²) in [5.41, 5.74) is 6.16. The smallest absolute Gasteiger partial charge is 0.325 e. The van der Waals surface area contributed by atoms with Gasteiger partial charge < -0.3 is 15.2 Å². The molecule has 0 radical (unpaired) electrons. The number of esters is 2. The van der Waals surface area contributed by atoms with Gasteiger partial charge in [-0.25, -0.2) is 0 Å². The molecular formula is C20H22N2O6. The fourth-order valence-electron chi connectivity index (χ4n) is 2.48. The SMILES string of the molecule is NCCCCC(C(=O)OCc1ccccc1)C(=O)Oc1ccc([N+](=O)[O-])cc1. The first-order valence-corrected chi connectivity index (χ1v) is 8.88. The number of nitro groups is 1. The number of nitrogens with two attached hydrogens (primary N) is 1. The molecule has 1 unspecified atom stereocenters. The fraction of sp³-hybridized carbons (Fsp3) is 0.300. The molecule has 148 valence electrons. The van der Waals surface area contributed by atoms with E-state index in [9.17, 15) is 19.7 Å². The second-order valence-electron chi connectivity index (χ2n) is 6.10. The number of carbonyl (C=O) groups is 2. The third kappa shape index (κ3) is 6.48. The van der Waals surface area contributed by atoms with Crippen LogP contribution < -0.4 is 10.5 Å². The molecular weight excluding hydrogens is 364 g/mol. The summed E-state index contributed by atoms with van der Waals surface area (Å²) in [6.07, 6.45) is 1.47. The summed E-state index contributed by atoms with van der Waals surface area (Å²) < 4.78 is 10.5. The summed E-state index contributed by atoms with van der Waals surface area (Å²) in [5.74, 6) is -2.41. The summed E-state index contributed by atoms with van der Waals surface area (Å²) in [5, 5.41) is 10.7. The first kappa shape index (κ1) is 21.0. The summed E-state index contributed by atoms with van der Waals surface area (Å²) in [6.45, 7) is 0.501. The molecule has 2 N–H and O–H groups in total. The van der Waals surface area contributed by atoms with Gasteiger partial charge in [-0.3, -0.25) is 19.7 Å². The van der Waals surface area contributed by atoms with Gasteiger partial charge in [-0.05, 0) is 37.1 Å². The minimum Gasteiger partial charge on any atom is -0.460 e. The Bertz CT molecular complexity index is 792. The summed E-state index contributed by atoms with van der Waals surface area (Å²) in [7, 11) is 0. The summed E-state index contributed by atoms with van der Waals surface area (Å²) in [4.78, 5) is 35.1. The second-order valence-corrected chi connectivity index (χ2v) is 6.10. The van der Waals surface area contributed by atoms with Crippen molar-refractivity contribution in [2.45, 2.75) is 25.9 Å². The number of hydrogen-bond donors (Lipinski definition) is 1. The number of nitrogens with zero attached hydrogens (tertiary/aromatic N) is 1. The Balaban J connectivity index is 2.01. The molecule has 0 aromatic heterocycles. The summed E-state index contributed by atoms with van der Waals surface area (Å²) >= 11 is 0. The Morgan fingerprint density at radius 1 is 1.00 bits per heavy atom. The van der Waals surface area contributed by atoms with Crippen LogP contribution in [0, 0.1) is 16.0 Å². The van der Waals surface area contributed by atoms with Crippen molar-refractivity contribution in [3.05, 3.63) is 70.3 Å². The van der Waals surface area contributed by atoms with Crippen LogP contribution in [0.4, 0.5) is 5.69 Å². The predicted octanol–water partition coefficient (Wildman–Crippen LogP) is 2.99. The van der Waals surface area contributed by atoms with Crippen molar-refractivity contribution in [1.82, 2.24) is 0 Å². The highest BCUT2D eigenvalue weighted by atomic mass is 16.6. The van der Waals surface area contributed by atoms with E-state index in [-0.39, 0.29) is 24.5 Å². The van der Waals surface area contributed by atoms with Gasteiger partial charge >= 0.3 is 11.9 Å². The van der Waals surface area contributed by atoms with E-state index in [1.807, 2.05) is 30.3 Å². The monoisotopic (exact) mass is 386 g/mol. The maximum absolute atomic E-state index is 12.5. The van der Waals surface area contributed by atoms with Crippen LogP contribution in [0.3, 0.4) is 0 Å². The minimum absolute atomic E-state index is 0.0534. The van der Waals surface area contributed by atoms with Crippen molar-refractivity contribution in [3.8, 4) is 5.75 Å². The van der Waals surface area contributed by atoms with E-state index in [2.05, 4.69) is 0 Å². The van der Waals surface area contributed by atoms with Crippen molar-refractivity contribution in [2.75, 3.05) is 6.54 Å². The third-order valence-electron chi connectivity index (χ3n) is 4.01. The maximum Gasteiger partial charge on any atom is 0.325 e. The van der Waals surface area contributed by atoms with Crippen molar-refractivity contribution >= 4 is 17.6 Å². The lowest BCUT2D eigenvalue weighted by Gasteiger charge is -2.15. The molecule has 0 saturated carbocycles. The molecule has 8 heteroatoms. The normalized spacial score (nSPS) is 11.5. The van der Waals surface area contributed by atoms with E-state index in [4.69, 9.17) is 15.2 Å². The lowest BCUT2D eigenvalue weighted by molar-refractivity contribution is -0.384. The van der Waals surface area contributed by atoms with Crippen LogP contribution >= 0.6 is 0 Å². The van der Waals surface area contributed by atoms with Gasteiger partial charge in [-0.2, -0.15) is 0 Å². The van der Waals surface area contributed by atoms with Gasteiger partial charge in [-0.1, -0.05) is 36.8 Å². The summed E-state index contributed by atoms with van der Waals surface area (Å²) in [6, 6.07) is 14.2. The van der Waals surface area contributed by atoms with Crippen LogP contribution in [0.1, 0.15) is 24.8 Å². The van der Waals surface area contributed by atoms with Crippen molar-refractivity contribution in [2.24, 2.45) is 11.7 Å². The highest BCUT2D eigenvalue weighted by molar-refractivity contribution is 5.95. The van der Waals surface area contributed by atoms with E-state index < -0.39 is 22.8 Å². The molecule has 0 aliphatic rings. The zero-order chi connectivity index (χ0) is 20.4. The predicted molar refractivity (Wildman–Crippen MR) is 101 cm³/mol. The average molecular weight is 386 g/mol. The van der Waals surface area contributed by atoms with Crippen LogP contribution in [0.2, 0.25) is 0 Å². The number of nitro benzene ring substituents is 1. The lowest BCUT2D eigenvalue weighted by Crippen LogP contribution is -2.30. The Kier molecular flexibility index (Phi) is 8.11. The van der Waals surface area contributed by atoms with Gasteiger partial charge in [0, 0.05) is 12.1 Å². The Labute approximate surface area is 162 Å². The molecule has 28 heavy (non-hydrogen) atoms. The number of hydrogen-bond acceptors (Lipinski definition) is 7. The van der Waals surface area contributed by atoms with Crippen LogP contribution in [0.5, 0.6) is 5.75 Å². The molecule has 0 amide bonds. The molecule has 0 bridgehead atoms. The third-order valence-corrected chi connectivity index (χ3v) is 4.01. The quantitative estimate of drug-likeness (QED) is 0.166. The number of carbonyl (C=O) groups excluding carboxylic acids is 2. The van der Waals surface area contributed by atoms with E-state index in [0.29, 0.717) is 19.4 Å². The Morgan fingerprint density at radius 3 is 2.29 bits per heavy atom. The van der Waals surface area contributed by atoms with Crippen molar-refractivity contribution < 1.29 is 24.0 Å². The molecule has 2 aromatic rings. The number of benzene rings is 2. The molecule has 8 nitrogen and oxygen atoms in total. The minimum atomic E-state index is -1.09. The molecule has 0 fully saturated rings. The molecule has 1 atom stereocenters. The largest absolute Gasteiger partial charge is 0.460 e. The maximum atomic E-state index is 12.5. The van der Waals surface area contributed by atoms with Crippen molar-refractivity contribution in [1.29, 1.82) is 0 Å². The van der Waals surface area contributed by atoms with Gasteiger partial charge in [0.05, 0.1) is 4.92 Å². The number of non-ortho nitro benzene ring substituents is 1. The van der Waals surface area contributed by atoms with Gasteiger partial charge in [-0.15, -0.1) is 0 Å². The number of ether oxygens (including phenoxy) is 2. The topological polar surface area (TPSA) is 122 Å². The number of unbranched alkanes of at least 4 members (excludes halogenated alkanes) is 1. The van der Waals surface area contributed by atoms with E-state index in [1.54, 1.807) is 0 Å². The molecule has 0 aliphatic heterocycles. The van der Waals surface area contributed by atoms with E-state index >= 15 is 0 Å². The van der Waals surface area contributed by atoms with Crippen LogP contribution in [-0.4, -0.2) is 23.4 Å². The van der Waals surface area contributed by atoms with Gasteiger partial charge in [0.25, 0.3) is 5.69 Å². The highest BCUT2D eigenvalue weighted by Gasteiger charge is 2.30. The van der Waals surface area contributed by atoms with Crippen LogP contribution in [-0.2, 0) is 20.9 Å². The first-order chi connectivity index (χ1) is 13.5. The van der Waals surface area contributed by atoms with Crippen LogP contribution in [0.15, 0.2) is 54.6 Å². The molecule has 0 saturated heterocycles. The first-order valence-electron chi connectivity index (χ1n) is 8.88. The van der Waals surface area contributed by atoms with E-state index in [0.717, 1.165) is 5.56 Å². The Hall–Kier alpha value is -3.26. The second kappa shape index (κ2) is 10.8. The van der Waals surface area contributed by atoms with E-state index in [1.165, 1.54) is 24.3 Å². The molecule has 0 spiro atoms. The zero-order valence-corrected chi connectivity index (χ0v) is 15.3. The average Bonchev–Trinajstić information content (AvgIpc) is 2.70. The van der Waals surface area contributed by atoms with Crippen molar-refractivity contribution in [3.63, 3.8) is 0 Å². The van der Waals surface area contributed by atoms with Gasteiger partial charge in [0.2, 0.25) is 0 Å². The van der Waals surface area contributed by atoms with Gasteiger partial charge in [0.15, 0.2) is 5.92 Å². The standard InChI is InChI=1S/C20H22N2O6/c21-13-5-4-8-18(19(23)27-14-15-6-2-1-3-7-15)20(24)28-17-11-9-16(10-12-17)22(25)26/h1-3,6-7,9-12,18H,4-5,8,13-14,21H2. The number of rotatable bonds is 10. The Morgan fingerprint density at radius 2 is 1.68 bits per heavy atom. The highest BCUT2D eigenvalue weighted by Crippen LogP contribution is 2.20.